The van der Waals surface area contributed by atoms with Gasteiger partial charge in [0.15, 0.2) is 0 Å². The van der Waals surface area contributed by atoms with Gasteiger partial charge in [0.2, 0.25) is 0 Å². The quantitative estimate of drug-likeness (QED) is 0.573. The number of carbonyl (C=O) groups excluding carboxylic acids is 1. The molecule has 1 unspecified atom stereocenters. The first-order chi connectivity index (χ1) is 5.29. The van der Waals surface area contributed by atoms with Gasteiger partial charge in [0.1, 0.15) is 0 Å². The van der Waals surface area contributed by atoms with Gasteiger partial charge >= 0.3 is 6.03 Å². The first-order valence-electron chi connectivity index (χ1n) is 3.93. The minimum absolute atomic E-state index is 0.218. The summed E-state index contributed by atoms with van der Waals surface area (Å²) in [6.07, 6.45) is 2.86. The number of amides is 2. The highest BCUT2D eigenvalue weighted by Crippen LogP contribution is 2.07. The van der Waals surface area contributed by atoms with Crippen molar-refractivity contribution in [3.8, 4) is 0 Å². The van der Waals surface area contributed by atoms with Crippen molar-refractivity contribution in [2.45, 2.75) is 25.3 Å². The van der Waals surface area contributed by atoms with Gasteiger partial charge < -0.3 is 15.8 Å². The van der Waals surface area contributed by atoms with E-state index < -0.39 is 6.03 Å². The Bertz CT molecular complexity index is 130. The molecule has 0 aromatic rings. The van der Waals surface area contributed by atoms with Crippen LogP contribution in [0.25, 0.3) is 0 Å². The highest BCUT2D eigenvalue weighted by atomic mass is 16.5. The zero-order valence-corrected chi connectivity index (χ0v) is 6.51. The lowest BCUT2D eigenvalue weighted by molar-refractivity contribution is 0.143. The van der Waals surface area contributed by atoms with Gasteiger partial charge in [-0.25, -0.2) is 4.79 Å². The number of urea groups is 1. The molecule has 1 saturated heterocycles. The normalized spacial score (nSPS) is 25.6. The van der Waals surface area contributed by atoms with Crippen LogP contribution in [0, 0.1) is 0 Å². The summed E-state index contributed by atoms with van der Waals surface area (Å²) >= 11 is 0. The Kier molecular flexibility index (Phi) is 3.16. The van der Waals surface area contributed by atoms with Crippen LogP contribution >= 0.6 is 0 Å². The van der Waals surface area contributed by atoms with Crippen LogP contribution in [0.4, 0.5) is 4.79 Å². The average molecular weight is 158 g/mol. The van der Waals surface area contributed by atoms with Gasteiger partial charge in [0.05, 0.1) is 0 Å². The number of rotatable bonds is 1. The smallest absolute Gasteiger partial charge is 0.312 e. The minimum atomic E-state index is -0.433. The average Bonchev–Trinajstić information content (AvgIpc) is 2.14. The fourth-order valence-corrected chi connectivity index (χ4v) is 1.25. The predicted molar refractivity (Wildman–Crippen MR) is 41.2 cm³/mol. The molecule has 1 aliphatic heterocycles. The van der Waals surface area contributed by atoms with E-state index in [1.54, 1.807) is 0 Å². The second-order valence-corrected chi connectivity index (χ2v) is 2.75. The molecule has 0 radical (unpaired) electrons. The van der Waals surface area contributed by atoms with Crippen molar-refractivity contribution in [3.05, 3.63) is 0 Å². The van der Waals surface area contributed by atoms with Crippen molar-refractivity contribution >= 4 is 6.03 Å². The molecule has 1 rings (SSSR count). The summed E-state index contributed by atoms with van der Waals surface area (Å²) in [5, 5.41) is 2.68. The standard InChI is InChI=1S/C7H14N2O2/c8-7(10)9-6-2-1-4-11-5-3-6/h6H,1-5H2,(H3,8,9,10). The highest BCUT2D eigenvalue weighted by molar-refractivity contribution is 5.71. The van der Waals surface area contributed by atoms with E-state index in [4.69, 9.17) is 10.5 Å². The van der Waals surface area contributed by atoms with E-state index in [1.807, 2.05) is 0 Å². The number of primary amides is 1. The molecule has 1 fully saturated rings. The summed E-state index contributed by atoms with van der Waals surface area (Å²) in [4.78, 5) is 10.5. The van der Waals surface area contributed by atoms with Crippen LogP contribution in [0.3, 0.4) is 0 Å². The lowest BCUT2D eigenvalue weighted by Crippen LogP contribution is -2.38. The Morgan fingerprint density at radius 2 is 2.27 bits per heavy atom. The molecule has 0 bridgehead atoms. The van der Waals surface area contributed by atoms with Crippen LogP contribution in [0.15, 0.2) is 0 Å². The van der Waals surface area contributed by atoms with E-state index in [2.05, 4.69) is 5.32 Å². The molecule has 1 atom stereocenters. The van der Waals surface area contributed by atoms with E-state index >= 15 is 0 Å². The van der Waals surface area contributed by atoms with E-state index in [0.29, 0.717) is 0 Å². The Morgan fingerprint density at radius 1 is 1.45 bits per heavy atom. The van der Waals surface area contributed by atoms with Gasteiger partial charge in [-0.2, -0.15) is 0 Å². The minimum Gasteiger partial charge on any atom is -0.381 e. The van der Waals surface area contributed by atoms with Crippen molar-refractivity contribution in [2.75, 3.05) is 13.2 Å². The van der Waals surface area contributed by atoms with Gasteiger partial charge in [-0.05, 0) is 19.3 Å². The molecule has 4 heteroatoms. The number of carbonyl (C=O) groups is 1. The maximum absolute atomic E-state index is 10.5. The third-order valence-electron chi connectivity index (χ3n) is 1.80. The Morgan fingerprint density at radius 3 is 3.00 bits per heavy atom. The highest BCUT2D eigenvalue weighted by Gasteiger charge is 2.12. The molecular weight excluding hydrogens is 144 g/mol. The number of hydrogen-bond donors (Lipinski definition) is 2. The largest absolute Gasteiger partial charge is 0.381 e. The molecule has 4 nitrogen and oxygen atoms in total. The molecule has 0 aromatic carbocycles. The summed E-state index contributed by atoms with van der Waals surface area (Å²) in [6, 6.07) is -0.216. The predicted octanol–water partition coefficient (Wildman–Crippen LogP) is 0.224. The molecule has 0 saturated carbocycles. The van der Waals surface area contributed by atoms with Gasteiger partial charge in [-0.15, -0.1) is 0 Å². The third-order valence-corrected chi connectivity index (χ3v) is 1.80. The van der Waals surface area contributed by atoms with Crippen LogP contribution < -0.4 is 11.1 Å². The molecule has 1 aliphatic rings. The monoisotopic (exact) mass is 158 g/mol. The second-order valence-electron chi connectivity index (χ2n) is 2.75. The van der Waals surface area contributed by atoms with Crippen molar-refractivity contribution in [1.82, 2.24) is 5.32 Å². The van der Waals surface area contributed by atoms with E-state index in [9.17, 15) is 4.79 Å². The molecular formula is C7H14N2O2. The first-order valence-corrected chi connectivity index (χ1v) is 3.93. The van der Waals surface area contributed by atoms with Gasteiger partial charge in [0.25, 0.3) is 0 Å². The summed E-state index contributed by atoms with van der Waals surface area (Å²) in [5.41, 5.74) is 4.98. The van der Waals surface area contributed by atoms with E-state index in [1.165, 1.54) is 0 Å². The number of hydrogen-bond acceptors (Lipinski definition) is 2. The lowest BCUT2D eigenvalue weighted by Gasteiger charge is -2.12. The molecule has 0 spiro atoms. The first kappa shape index (κ1) is 8.33. The second kappa shape index (κ2) is 4.18. The van der Waals surface area contributed by atoms with Crippen LogP contribution in [0.1, 0.15) is 19.3 Å². The van der Waals surface area contributed by atoms with Crippen LogP contribution in [-0.2, 0) is 4.74 Å². The summed E-state index contributed by atoms with van der Waals surface area (Å²) < 4.78 is 5.21. The maximum atomic E-state index is 10.5. The molecule has 64 valence electrons. The topological polar surface area (TPSA) is 64.4 Å². The summed E-state index contributed by atoms with van der Waals surface area (Å²) in [5.74, 6) is 0. The Labute approximate surface area is 66.1 Å². The molecule has 2 amide bonds. The summed E-state index contributed by atoms with van der Waals surface area (Å²) in [6.45, 7) is 1.53. The third kappa shape index (κ3) is 3.23. The maximum Gasteiger partial charge on any atom is 0.312 e. The van der Waals surface area contributed by atoms with Crippen LogP contribution in [0.5, 0.6) is 0 Å². The van der Waals surface area contributed by atoms with Crippen molar-refractivity contribution in [3.63, 3.8) is 0 Å². The Hall–Kier alpha value is -0.770. The van der Waals surface area contributed by atoms with Crippen molar-refractivity contribution in [1.29, 1.82) is 0 Å². The lowest BCUT2D eigenvalue weighted by atomic mass is 10.1. The Balaban J connectivity index is 2.25. The number of nitrogens with two attached hydrogens (primary N) is 1. The fourth-order valence-electron chi connectivity index (χ4n) is 1.25. The molecule has 3 N–H and O–H groups in total. The summed E-state index contributed by atoms with van der Waals surface area (Å²) in [7, 11) is 0. The van der Waals surface area contributed by atoms with E-state index in [0.717, 1.165) is 32.5 Å². The van der Waals surface area contributed by atoms with Crippen molar-refractivity contribution in [2.24, 2.45) is 5.73 Å². The molecule has 0 aliphatic carbocycles. The van der Waals surface area contributed by atoms with Crippen molar-refractivity contribution < 1.29 is 9.53 Å². The number of ether oxygens (including phenoxy) is 1. The van der Waals surface area contributed by atoms with Gasteiger partial charge in [-0.1, -0.05) is 0 Å². The molecule has 1 heterocycles. The van der Waals surface area contributed by atoms with E-state index in [-0.39, 0.29) is 6.04 Å². The molecule has 0 aromatic heterocycles. The van der Waals surface area contributed by atoms with Crippen LogP contribution in [0.2, 0.25) is 0 Å². The van der Waals surface area contributed by atoms with Crippen LogP contribution in [-0.4, -0.2) is 25.3 Å². The van der Waals surface area contributed by atoms with Gasteiger partial charge in [0, 0.05) is 19.3 Å². The van der Waals surface area contributed by atoms with Gasteiger partial charge in [-0.3, -0.25) is 0 Å². The number of nitrogens with one attached hydrogen (secondary N) is 1. The SMILES string of the molecule is NC(=O)NC1CCCOCC1. The zero-order chi connectivity index (χ0) is 8.10. The molecule has 11 heavy (non-hydrogen) atoms. The zero-order valence-electron chi connectivity index (χ0n) is 6.51. The fraction of sp³-hybridized carbons (Fsp3) is 0.857.